The lowest BCUT2D eigenvalue weighted by molar-refractivity contribution is 0.227. The third kappa shape index (κ3) is 4.48. The van der Waals surface area contributed by atoms with E-state index in [1.807, 2.05) is 13.8 Å². The van der Waals surface area contributed by atoms with Crippen molar-refractivity contribution in [3.63, 3.8) is 0 Å². The van der Waals surface area contributed by atoms with Crippen LogP contribution in [0, 0.1) is 0 Å². The van der Waals surface area contributed by atoms with E-state index >= 15 is 0 Å². The third-order valence-electron chi connectivity index (χ3n) is 3.48. The molecule has 1 unspecified atom stereocenters. The molecule has 1 aliphatic carbocycles. The number of unbranched alkanes of at least 4 members (excludes halogenated alkanes) is 1. The second-order valence-electron chi connectivity index (χ2n) is 5.32. The first-order chi connectivity index (χ1) is 8.33. The average molecular weight is 276 g/mol. The monoisotopic (exact) mass is 276 g/mol. The quantitative estimate of drug-likeness (QED) is 0.748. The molecule has 1 saturated carbocycles. The van der Waals surface area contributed by atoms with Crippen LogP contribution in [0.3, 0.4) is 0 Å². The zero-order chi connectivity index (χ0) is 13.8. The molecule has 1 aliphatic rings. The topological polar surface area (TPSA) is 75.3 Å². The van der Waals surface area contributed by atoms with Crippen molar-refractivity contribution in [2.75, 3.05) is 0 Å². The Morgan fingerprint density at radius 3 is 2.39 bits per heavy atom. The van der Waals surface area contributed by atoms with Gasteiger partial charge in [-0.3, -0.25) is 0 Å². The van der Waals surface area contributed by atoms with E-state index in [1.54, 1.807) is 0 Å². The molecule has 0 bridgehead atoms. The Morgan fingerprint density at radius 1 is 1.33 bits per heavy atom. The van der Waals surface area contributed by atoms with Gasteiger partial charge in [0.25, 0.3) is 0 Å². The molecule has 5 nitrogen and oxygen atoms in total. The van der Waals surface area contributed by atoms with Gasteiger partial charge in [-0.2, -0.15) is 0 Å². The molecule has 0 radical (unpaired) electrons. The van der Waals surface area contributed by atoms with Crippen molar-refractivity contribution in [3.05, 3.63) is 0 Å². The fourth-order valence-electron chi connectivity index (χ4n) is 1.79. The first-order valence-corrected chi connectivity index (χ1v) is 8.21. The lowest BCUT2D eigenvalue weighted by Crippen LogP contribution is -2.51. The highest BCUT2D eigenvalue weighted by Crippen LogP contribution is 2.27. The summed E-state index contributed by atoms with van der Waals surface area (Å²) in [5.74, 6) is 0. The second kappa shape index (κ2) is 5.91. The van der Waals surface area contributed by atoms with Crippen molar-refractivity contribution in [3.8, 4) is 0 Å². The highest BCUT2D eigenvalue weighted by Gasteiger charge is 2.37. The molecule has 0 aliphatic heterocycles. The molecule has 106 valence electrons. The van der Waals surface area contributed by atoms with Crippen molar-refractivity contribution in [2.24, 2.45) is 0 Å². The van der Waals surface area contributed by atoms with Crippen molar-refractivity contribution in [1.82, 2.24) is 10.0 Å². The fraction of sp³-hybridized carbons (Fsp3) is 0.917. The summed E-state index contributed by atoms with van der Waals surface area (Å²) in [7, 11) is -3.45. The summed E-state index contributed by atoms with van der Waals surface area (Å²) in [6.45, 7) is 6.03. The van der Waals surface area contributed by atoms with Gasteiger partial charge < -0.3 is 5.32 Å². The van der Waals surface area contributed by atoms with E-state index in [-0.39, 0.29) is 10.8 Å². The molecule has 1 fully saturated rings. The van der Waals surface area contributed by atoms with Gasteiger partial charge in [-0.15, -0.1) is 0 Å². The van der Waals surface area contributed by atoms with Gasteiger partial charge in [-0.1, -0.05) is 26.7 Å². The largest absolute Gasteiger partial charge is 0.332 e. The molecule has 6 heteroatoms. The van der Waals surface area contributed by atoms with Crippen LogP contribution in [0.4, 0.5) is 4.79 Å². The van der Waals surface area contributed by atoms with Crippen LogP contribution in [-0.2, 0) is 10.0 Å². The van der Waals surface area contributed by atoms with Gasteiger partial charge in [0.2, 0.25) is 10.0 Å². The highest BCUT2D eigenvalue weighted by atomic mass is 32.2. The maximum atomic E-state index is 11.7. The molecular weight excluding hydrogens is 252 g/mol. The number of sulfonamides is 1. The van der Waals surface area contributed by atoms with Gasteiger partial charge in [0.15, 0.2) is 0 Å². The van der Waals surface area contributed by atoms with Crippen LogP contribution in [0.5, 0.6) is 0 Å². The van der Waals surface area contributed by atoms with E-state index in [4.69, 9.17) is 0 Å². The Kier molecular flexibility index (Phi) is 5.01. The molecule has 1 rings (SSSR count). The van der Waals surface area contributed by atoms with Crippen molar-refractivity contribution in [1.29, 1.82) is 0 Å². The fourth-order valence-corrected chi connectivity index (χ4v) is 3.02. The Balaban J connectivity index is 2.51. The Bertz CT molecular complexity index is 390. The number of carbonyl (C=O) groups is 1. The number of carbonyl (C=O) groups excluding carboxylic acids is 1. The van der Waals surface area contributed by atoms with E-state index in [0.29, 0.717) is 12.8 Å². The normalized spacial score (nSPS) is 19.1. The van der Waals surface area contributed by atoms with Crippen molar-refractivity contribution < 1.29 is 13.2 Å². The third-order valence-corrected chi connectivity index (χ3v) is 5.29. The SMILES string of the molecule is CCCCC(C)(CC)NC(=O)NS(=O)(=O)C1CC1. The summed E-state index contributed by atoms with van der Waals surface area (Å²) < 4.78 is 25.3. The van der Waals surface area contributed by atoms with Crippen LogP contribution >= 0.6 is 0 Å². The standard InChI is InChI=1S/C12H24N2O3S/c1-4-6-9-12(3,5-2)13-11(15)14-18(16,17)10-7-8-10/h10H,4-9H2,1-3H3,(H2,13,14,15). The first-order valence-electron chi connectivity index (χ1n) is 6.67. The molecule has 0 aromatic heterocycles. The molecule has 0 aromatic rings. The maximum absolute atomic E-state index is 11.7. The molecule has 0 heterocycles. The molecule has 0 aromatic carbocycles. The summed E-state index contributed by atoms with van der Waals surface area (Å²) in [5, 5.41) is 2.42. The predicted octanol–water partition coefficient (Wildman–Crippen LogP) is 2.14. The average Bonchev–Trinajstić information content (AvgIpc) is 3.09. The number of nitrogens with one attached hydrogen (secondary N) is 2. The van der Waals surface area contributed by atoms with Crippen LogP contribution in [0.2, 0.25) is 0 Å². The number of urea groups is 1. The van der Waals surface area contributed by atoms with Gasteiger partial charge in [0.1, 0.15) is 0 Å². The maximum Gasteiger partial charge on any atom is 0.328 e. The molecule has 0 spiro atoms. The van der Waals surface area contributed by atoms with Crippen LogP contribution in [-0.4, -0.2) is 25.2 Å². The number of amides is 2. The van der Waals surface area contributed by atoms with Crippen molar-refractivity contribution >= 4 is 16.1 Å². The Morgan fingerprint density at radius 2 is 1.94 bits per heavy atom. The molecular formula is C12H24N2O3S. The minimum absolute atomic E-state index is 0.334. The van der Waals surface area contributed by atoms with Gasteiger partial charge in [0, 0.05) is 5.54 Å². The summed E-state index contributed by atoms with van der Waals surface area (Å²) in [6.07, 6.45) is 5.02. The number of rotatable bonds is 7. The summed E-state index contributed by atoms with van der Waals surface area (Å²) in [5.41, 5.74) is -0.334. The van der Waals surface area contributed by atoms with E-state index in [2.05, 4.69) is 17.0 Å². The minimum Gasteiger partial charge on any atom is -0.332 e. The van der Waals surface area contributed by atoms with Gasteiger partial charge in [0.05, 0.1) is 5.25 Å². The van der Waals surface area contributed by atoms with Crippen molar-refractivity contribution in [2.45, 2.75) is 70.1 Å². The van der Waals surface area contributed by atoms with Gasteiger partial charge >= 0.3 is 6.03 Å². The van der Waals surface area contributed by atoms with Crippen LogP contribution in [0.1, 0.15) is 59.3 Å². The minimum atomic E-state index is -3.45. The molecule has 2 amide bonds. The smallest absolute Gasteiger partial charge is 0.328 e. The number of hydrogen-bond acceptors (Lipinski definition) is 3. The first kappa shape index (κ1) is 15.3. The molecule has 2 N–H and O–H groups in total. The molecule has 1 atom stereocenters. The van der Waals surface area contributed by atoms with Crippen LogP contribution in [0.25, 0.3) is 0 Å². The van der Waals surface area contributed by atoms with E-state index < -0.39 is 16.1 Å². The second-order valence-corrected chi connectivity index (χ2v) is 7.28. The Hall–Kier alpha value is -0.780. The van der Waals surface area contributed by atoms with Gasteiger partial charge in [-0.25, -0.2) is 17.9 Å². The molecule has 18 heavy (non-hydrogen) atoms. The summed E-state index contributed by atoms with van der Waals surface area (Å²) >= 11 is 0. The van der Waals surface area contributed by atoms with Crippen LogP contribution < -0.4 is 10.0 Å². The lowest BCUT2D eigenvalue weighted by atomic mass is 9.92. The summed E-state index contributed by atoms with van der Waals surface area (Å²) in [6, 6.07) is -0.595. The number of hydrogen-bond donors (Lipinski definition) is 2. The zero-order valence-corrected chi connectivity index (χ0v) is 12.3. The lowest BCUT2D eigenvalue weighted by Gasteiger charge is -2.29. The van der Waals surface area contributed by atoms with E-state index in [1.165, 1.54) is 0 Å². The zero-order valence-electron chi connectivity index (χ0n) is 11.5. The van der Waals surface area contributed by atoms with E-state index in [0.717, 1.165) is 25.7 Å². The predicted molar refractivity (Wildman–Crippen MR) is 71.8 cm³/mol. The van der Waals surface area contributed by atoms with Gasteiger partial charge in [-0.05, 0) is 32.6 Å². The molecule has 0 saturated heterocycles. The highest BCUT2D eigenvalue weighted by molar-refractivity contribution is 7.90. The van der Waals surface area contributed by atoms with E-state index in [9.17, 15) is 13.2 Å². The van der Waals surface area contributed by atoms with Crippen LogP contribution in [0.15, 0.2) is 0 Å². The Labute approximate surface area is 110 Å². The summed E-state index contributed by atoms with van der Waals surface area (Å²) in [4.78, 5) is 11.7.